The van der Waals surface area contributed by atoms with E-state index >= 15 is 0 Å². The van der Waals surface area contributed by atoms with Crippen molar-refractivity contribution in [1.29, 1.82) is 0 Å². The van der Waals surface area contributed by atoms with Crippen molar-refractivity contribution in [3.63, 3.8) is 0 Å². The lowest BCUT2D eigenvalue weighted by Gasteiger charge is -2.08. The van der Waals surface area contributed by atoms with E-state index < -0.39 is 0 Å². The lowest BCUT2D eigenvalue weighted by molar-refractivity contribution is 0.549. The fourth-order valence-corrected chi connectivity index (χ4v) is 3.37. The Balaban J connectivity index is 1.89. The third-order valence-corrected chi connectivity index (χ3v) is 4.19. The smallest absolute Gasteiger partial charge is 0.0423 e. The van der Waals surface area contributed by atoms with Crippen LogP contribution >= 0.6 is 23.2 Å². The van der Waals surface area contributed by atoms with Crippen LogP contribution in [0.2, 0.25) is 10.0 Å². The molecule has 1 nitrogen and oxygen atoms in total. The van der Waals surface area contributed by atoms with E-state index in [1.807, 2.05) is 0 Å². The van der Waals surface area contributed by atoms with Crippen LogP contribution in [0.5, 0.6) is 0 Å². The number of nitrogens with one attached hydrogen (secondary N) is 1. The van der Waals surface area contributed by atoms with Crippen LogP contribution < -0.4 is 5.32 Å². The molecule has 0 amide bonds. The van der Waals surface area contributed by atoms with Crippen LogP contribution in [0.15, 0.2) is 18.2 Å². The number of hydrogen-bond acceptors (Lipinski definition) is 1. The molecule has 1 saturated carbocycles. The van der Waals surface area contributed by atoms with Gasteiger partial charge in [-0.25, -0.2) is 0 Å². The van der Waals surface area contributed by atoms with Gasteiger partial charge < -0.3 is 5.32 Å². The van der Waals surface area contributed by atoms with Crippen molar-refractivity contribution in [3.8, 4) is 0 Å². The van der Waals surface area contributed by atoms with Crippen molar-refractivity contribution in [1.82, 2.24) is 5.32 Å². The summed E-state index contributed by atoms with van der Waals surface area (Å²) >= 11 is 12.0. The summed E-state index contributed by atoms with van der Waals surface area (Å²) in [5, 5.41) is 4.95. The largest absolute Gasteiger partial charge is 0.316 e. The Kier molecular flexibility index (Phi) is 2.24. The molecule has 1 heterocycles. The summed E-state index contributed by atoms with van der Waals surface area (Å²) in [4.78, 5) is 0. The van der Waals surface area contributed by atoms with E-state index in [4.69, 9.17) is 23.2 Å². The van der Waals surface area contributed by atoms with Crippen LogP contribution in [-0.2, 0) is 0 Å². The average molecular weight is 242 g/mol. The predicted octanol–water partition coefficient (Wildman–Crippen LogP) is 3.46. The van der Waals surface area contributed by atoms with Gasteiger partial charge in [0, 0.05) is 16.6 Å². The molecular weight excluding hydrogens is 229 g/mol. The summed E-state index contributed by atoms with van der Waals surface area (Å²) in [6.07, 6.45) is 2.58. The molecule has 3 heteroatoms. The Morgan fingerprint density at radius 2 is 1.93 bits per heavy atom. The zero-order valence-corrected chi connectivity index (χ0v) is 9.91. The van der Waals surface area contributed by atoms with Gasteiger partial charge in [0.2, 0.25) is 0 Å². The molecule has 0 aromatic heterocycles. The average Bonchev–Trinajstić information content (AvgIpc) is 2.63. The molecule has 1 aromatic rings. The Bertz CT molecular complexity index is 376. The van der Waals surface area contributed by atoms with E-state index in [1.54, 1.807) is 6.07 Å². The van der Waals surface area contributed by atoms with Gasteiger partial charge in [-0.2, -0.15) is 0 Å². The van der Waals surface area contributed by atoms with Crippen LogP contribution in [0, 0.1) is 5.41 Å². The van der Waals surface area contributed by atoms with Gasteiger partial charge in [0.25, 0.3) is 0 Å². The fraction of sp³-hybridized carbons (Fsp3) is 0.500. The summed E-state index contributed by atoms with van der Waals surface area (Å²) in [6, 6.07) is 5.92. The van der Waals surface area contributed by atoms with Gasteiger partial charge in [0.1, 0.15) is 0 Å². The summed E-state index contributed by atoms with van der Waals surface area (Å²) in [5.74, 6) is 0.670. The number of halogens is 2. The highest BCUT2D eigenvalue weighted by atomic mass is 35.5. The maximum Gasteiger partial charge on any atom is 0.0423 e. The third kappa shape index (κ3) is 1.67. The third-order valence-electron chi connectivity index (χ3n) is 3.75. The molecule has 1 spiro atoms. The first-order valence-electron chi connectivity index (χ1n) is 5.36. The SMILES string of the molecule is Clc1cc(Cl)cc(C2C[C@@]23CCNC3)c1. The minimum absolute atomic E-state index is 0.522. The highest BCUT2D eigenvalue weighted by molar-refractivity contribution is 6.34. The molecule has 80 valence electrons. The Morgan fingerprint density at radius 3 is 2.53 bits per heavy atom. The highest BCUT2D eigenvalue weighted by Crippen LogP contribution is 2.62. The van der Waals surface area contributed by atoms with Crippen LogP contribution in [0.25, 0.3) is 0 Å². The van der Waals surface area contributed by atoms with Crippen LogP contribution in [0.3, 0.4) is 0 Å². The molecule has 2 atom stereocenters. The summed E-state index contributed by atoms with van der Waals surface area (Å²) < 4.78 is 0. The van der Waals surface area contributed by atoms with Crippen LogP contribution in [0.1, 0.15) is 24.3 Å². The maximum atomic E-state index is 6.02. The molecule has 1 unspecified atom stereocenters. The first-order chi connectivity index (χ1) is 7.20. The van der Waals surface area contributed by atoms with Gasteiger partial charge in [-0.1, -0.05) is 23.2 Å². The Labute approximate surface area is 99.8 Å². The first kappa shape index (κ1) is 9.95. The standard InChI is InChI=1S/C12H13Cl2N/c13-9-3-8(4-10(14)5-9)11-6-12(11)1-2-15-7-12/h3-5,11,15H,1-2,6-7H2/t11?,12-/m1/s1. The predicted molar refractivity (Wildman–Crippen MR) is 63.7 cm³/mol. The van der Waals surface area contributed by atoms with Gasteiger partial charge in [0.05, 0.1) is 0 Å². The van der Waals surface area contributed by atoms with Crippen LogP contribution in [0.4, 0.5) is 0 Å². The van der Waals surface area contributed by atoms with Gasteiger partial charge in [-0.3, -0.25) is 0 Å². The summed E-state index contributed by atoms with van der Waals surface area (Å²) in [5.41, 5.74) is 1.84. The second kappa shape index (κ2) is 3.38. The van der Waals surface area contributed by atoms with E-state index in [0.717, 1.165) is 23.1 Å². The molecular formula is C12H13Cl2N. The minimum Gasteiger partial charge on any atom is -0.316 e. The highest BCUT2D eigenvalue weighted by Gasteiger charge is 2.55. The van der Waals surface area contributed by atoms with E-state index in [9.17, 15) is 0 Å². The molecule has 0 radical (unpaired) electrons. The van der Waals surface area contributed by atoms with Crippen molar-refractivity contribution in [2.45, 2.75) is 18.8 Å². The first-order valence-corrected chi connectivity index (χ1v) is 6.12. The molecule has 1 aliphatic carbocycles. The molecule has 1 aromatic carbocycles. The Morgan fingerprint density at radius 1 is 1.20 bits per heavy atom. The molecule has 1 aliphatic heterocycles. The zero-order chi connectivity index (χ0) is 10.5. The lowest BCUT2D eigenvalue weighted by atomic mass is 9.98. The van der Waals surface area contributed by atoms with Crippen molar-refractivity contribution < 1.29 is 0 Å². The molecule has 15 heavy (non-hydrogen) atoms. The zero-order valence-electron chi connectivity index (χ0n) is 8.39. The molecule has 0 bridgehead atoms. The van der Waals surface area contributed by atoms with E-state index in [2.05, 4.69) is 17.4 Å². The quantitative estimate of drug-likeness (QED) is 0.795. The molecule has 1 N–H and O–H groups in total. The molecule has 2 fully saturated rings. The number of rotatable bonds is 1. The normalized spacial score (nSPS) is 33.6. The van der Waals surface area contributed by atoms with E-state index in [1.165, 1.54) is 18.4 Å². The molecule has 2 aliphatic rings. The second-order valence-corrected chi connectivity index (χ2v) is 5.62. The van der Waals surface area contributed by atoms with Crippen molar-refractivity contribution >= 4 is 23.2 Å². The van der Waals surface area contributed by atoms with E-state index in [-0.39, 0.29) is 0 Å². The van der Waals surface area contributed by atoms with Crippen molar-refractivity contribution in [3.05, 3.63) is 33.8 Å². The molecule has 3 rings (SSSR count). The minimum atomic E-state index is 0.522. The lowest BCUT2D eigenvalue weighted by Crippen LogP contribution is -2.10. The van der Waals surface area contributed by atoms with Crippen molar-refractivity contribution in [2.75, 3.05) is 13.1 Å². The second-order valence-electron chi connectivity index (χ2n) is 4.75. The fourth-order valence-electron chi connectivity index (χ4n) is 2.83. The summed E-state index contributed by atoms with van der Waals surface area (Å²) in [7, 11) is 0. The Hall–Kier alpha value is -0.240. The molecule has 1 saturated heterocycles. The van der Waals surface area contributed by atoms with Gasteiger partial charge in [-0.15, -0.1) is 0 Å². The van der Waals surface area contributed by atoms with E-state index in [0.29, 0.717) is 11.3 Å². The van der Waals surface area contributed by atoms with Gasteiger partial charge in [-0.05, 0) is 54.5 Å². The topological polar surface area (TPSA) is 12.0 Å². The van der Waals surface area contributed by atoms with Crippen molar-refractivity contribution in [2.24, 2.45) is 5.41 Å². The van der Waals surface area contributed by atoms with Gasteiger partial charge >= 0.3 is 0 Å². The summed E-state index contributed by atoms with van der Waals surface area (Å²) in [6.45, 7) is 2.31. The van der Waals surface area contributed by atoms with Crippen LogP contribution in [-0.4, -0.2) is 13.1 Å². The van der Waals surface area contributed by atoms with Gasteiger partial charge in [0.15, 0.2) is 0 Å². The number of benzene rings is 1. The maximum absolute atomic E-state index is 6.02. The number of hydrogen-bond donors (Lipinski definition) is 1. The monoisotopic (exact) mass is 241 g/mol.